The van der Waals surface area contributed by atoms with Gasteiger partial charge in [-0.15, -0.1) is 0 Å². The van der Waals surface area contributed by atoms with E-state index < -0.39 is 5.97 Å². The molecule has 0 aliphatic rings. The number of aliphatic carboxylic acids is 1. The van der Waals surface area contributed by atoms with Gasteiger partial charge in [-0.3, -0.25) is 4.79 Å². The quantitative estimate of drug-likeness (QED) is 0.612. The van der Waals surface area contributed by atoms with Gasteiger partial charge < -0.3 is 9.90 Å². The van der Waals surface area contributed by atoms with Gasteiger partial charge in [0.15, 0.2) is 5.78 Å². The van der Waals surface area contributed by atoms with E-state index in [1.54, 1.807) is 0 Å². The Morgan fingerprint density at radius 3 is 2.17 bits per heavy atom. The minimum absolute atomic E-state index is 0.0768. The third kappa shape index (κ3) is 6.67. The zero-order valence-corrected chi connectivity index (χ0v) is 6.74. The molecule has 0 unspecified atom stereocenters. The van der Waals surface area contributed by atoms with Crippen molar-refractivity contribution in [1.82, 2.24) is 0 Å². The molecule has 0 radical (unpaired) electrons. The van der Waals surface area contributed by atoms with E-state index in [-0.39, 0.29) is 24.4 Å². The normalized spacial score (nSPS) is 10.1. The monoisotopic (exact) mass is 170 g/mol. The number of hydrogen-bond acceptors (Lipinski definition) is 3. The predicted octanol–water partition coefficient (Wildman–Crippen LogP) is 0.565. The van der Waals surface area contributed by atoms with Gasteiger partial charge in [0, 0.05) is 18.9 Å². The average Bonchev–Trinajstić information content (AvgIpc) is 1.96. The minimum atomic E-state index is -1.16. The molecule has 66 valence electrons. The van der Waals surface area contributed by atoms with E-state index in [1.165, 1.54) is 6.92 Å². The summed E-state index contributed by atoms with van der Waals surface area (Å²) in [5.41, 5.74) is 0. The molecule has 0 bridgehead atoms. The van der Waals surface area contributed by atoms with E-state index in [0.29, 0.717) is 0 Å². The van der Waals surface area contributed by atoms with Gasteiger partial charge >= 0.3 is 5.97 Å². The Bertz CT molecular complexity index is 227. The van der Waals surface area contributed by atoms with Crippen molar-refractivity contribution in [1.29, 1.82) is 0 Å². The van der Waals surface area contributed by atoms with Crippen molar-refractivity contribution in [3.63, 3.8) is 0 Å². The Kier molecular flexibility index (Phi) is 4.60. The zero-order valence-electron chi connectivity index (χ0n) is 6.74. The van der Waals surface area contributed by atoms with Gasteiger partial charge in [-0.05, 0) is 13.0 Å². The molecule has 0 aliphatic heterocycles. The van der Waals surface area contributed by atoms with Crippen LogP contribution < -0.4 is 0 Å². The SMILES string of the molecule is CC(=O)CCC(=O)/C=C/C(=O)O. The van der Waals surface area contributed by atoms with Crippen LogP contribution in [0.3, 0.4) is 0 Å². The van der Waals surface area contributed by atoms with Crippen LogP contribution in [-0.2, 0) is 14.4 Å². The van der Waals surface area contributed by atoms with Crippen LogP contribution in [0, 0.1) is 0 Å². The van der Waals surface area contributed by atoms with E-state index in [2.05, 4.69) is 0 Å². The molecule has 0 aromatic rings. The molecule has 0 heterocycles. The smallest absolute Gasteiger partial charge is 0.328 e. The molecular weight excluding hydrogens is 160 g/mol. The number of rotatable bonds is 5. The van der Waals surface area contributed by atoms with Gasteiger partial charge in [-0.25, -0.2) is 4.79 Å². The number of hydrogen-bond donors (Lipinski definition) is 1. The zero-order chi connectivity index (χ0) is 9.56. The number of ketones is 2. The lowest BCUT2D eigenvalue weighted by Crippen LogP contribution is -1.99. The molecule has 1 N–H and O–H groups in total. The highest BCUT2D eigenvalue weighted by Crippen LogP contribution is 1.93. The van der Waals surface area contributed by atoms with Crippen molar-refractivity contribution in [3.05, 3.63) is 12.2 Å². The van der Waals surface area contributed by atoms with Crippen molar-refractivity contribution in [2.24, 2.45) is 0 Å². The van der Waals surface area contributed by atoms with Crippen molar-refractivity contribution in [2.75, 3.05) is 0 Å². The highest BCUT2D eigenvalue weighted by molar-refractivity contribution is 5.96. The van der Waals surface area contributed by atoms with Crippen LogP contribution in [-0.4, -0.2) is 22.6 Å². The van der Waals surface area contributed by atoms with Gasteiger partial charge in [0.1, 0.15) is 5.78 Å². The minimum Gasteiger partial charge on any atom is -0.478 e. The Morgan fingerprint density at radius 2 is 1.75 bits per heavy atom. The summed E-state index contributed by atoms with van der Waals surface area (Å²) in [6.45, 7) is 1.38. The lowest BCUT2D eigenvalue weighted by molar-refractivity contribution is -0.131. The Hall–Kier alpha value is -1.45. The largest absolute Gasteiger partial charge is 0.478 e. The van der Waals surface area contributed by atoms with Gasteiger partial charge in [-0.1, -0.05) is 0 Å². The van der Waals surface area contributed by atoms with Crippen LogP contribution in [0.2, 0.25) is 0 Å². The second-order valence-corrected chi connectivity index (χ2v) is 2.34. The molecule has 0 fully saturated rings. The van der Waals surface area contributed by atoms with Crippen LogP contribution in [0.1, 0.15) is 19.8 Å². The lowest BCUT2D eigenvalue weighted by Gasteiger charge is -1.89. The van der Waals surface area contributed by atoms with Crippen molar-refractivity contribution in [2.45, 2.75) is 19.8 Å². The van der Waals surface area contributed by atoms with E-state index in [1.807, 2.05) is 0 Å². The Balaban J connectivity index is 3.75. The molecule has 0 aromatic heterocycles. The molecule has 0 amide bonds. The van der Waals surface area contributed by atoms with Crippen LogP contribution in [0.5, 0.6) is 0 Å². The van der Waals surface area contributed by atoms with Crippen molar-refractivity contribution in [3.8, 4) is 0 Å². The number of carboxylic acid groups (broad SMARTS) is 1. The molecule has 0 saturated carbocycles. The molecule has 0 aliphatic carbocycles. The first kappa shape index (κ1) is 10.6. The van der Waals surface area contributed by atoms with E-state index >= 15 is 0 Å². The number of allylic oxidation sites excluding steroid dienone is 1. The van der Waals surface area contributed by atoms with Crippen LogP contribution in [0.25, 0.3) is 0 Å². The molecule has 0 spiro atoms. The molecule has 0 atom stereocenters. The van der Waals surface area contributed by atoms with Crippen molar-refractivity contribution < 1.29 is 19.5 Å². The molecule has 4 heteroatoms. The summed E-state index contributed by atoms with van der Waals surface area (Å²) in [5.74, 6) is -1.58. The summed E-state index contributed by atoms with van der Waals surface area (Å²) in [7, 11) is 0. The summed E-state index contributed by atoms with van der Waals surface area (Å²) in [4.78, 5) is 31.1. The second kappa shape index (κ2) is 5.23. The molecule has 0 rings (SSSR count). The summed E-state index contributed by atoms with van der Waals surface area (Å²) in [6, 6.07) is 0. The fourth-order valence-corrected chi connectivity index (χ4v) is 0.547. The summed E-state index contributed by atoms with van der Waals surface area (Å²) in [5, 5.41) is 8.13. The highest BCUT2D eigenvalue weighted by Gasteiger charge is 1.99. The Morgan fingerprint density at radius 1 is 1.17 bits per heavy atom. The van der Waals surface area contributed by atoms with Crippen LogP contribution in [0.4, 0.5) is 0 Å². The topological polar surface area (TPSA) is 71.4 Å². The summed E-state index contributed by atoms with van der Waals surface area (Å²) < 4.78 is 0. The lowest BCUT2D eigenvalue weighted by atomic mass is 10.1. The number of Topliss-reactive ketones (excluding diaryl/α,β-unsaturated/α-hetero) is 1. The highest BCUT2D eigenvalue weighted by atomic mass is 16.4. The summed E-state index contributed by atoms with van der Waals surface area (Å²) in [6.07, 6.45) is 1.98. The Labute approximate surface area is 69.9 Å². The first-order valence-corrected chi connectivity index (χ1v) is 3.45. The van der Waals surface area contributed by atoms with Gasteiger partial charge in [0.2, 0.25) is 0 Å². The third-order valence-electron chi connectivity index (χ3n) is 1.14. The second-order valence-electron chi connectivity index (χ2n) is 2.34. The van der Waals surface area contributed by atoms with Gasteiger partial charge in [0.25, 0.3) is 0 Å². The summed E-state index contributed by atoms with van der Waals surface area (Å²) >= 11 is 0. The van der Waals surface area contributed by atoms with Gasteiger partial charge in [-0.2, -0.15) is 0 Å². The maximum Gasteiger partial charge on any atom is 0.328 e. The van der Waals surface area contributed by atoms with E-state index in [9.17, 15) is 14.4 Å². The molecule has 0 aromatic carbocycles. The van der Waals surface area contributed by atoms with E-state index in [0.717, 1.165) is 12.2 Å². The first-order chi connectivity index (χ1) is 5.52. The molecular formula is C8H10O4. The molecule has 0 saturated heterocycles. The predicted molar refractivity (Wildman–Crippen MR) is 41.7 cm³/mol. The van der Waals surface area contributed by atoms with Crippen LogP contribution >= 0.6 is 0 Å². The van der Waals surface area contributed by atoms with Crippen LogP contribution in [0.15, 0.2) is 12.2 Å². The first-order valence-electron chi connectivity index (χ1n) is 3.45. The number of carbonyl (C=O) groups excluding carboxylic acids is 2. The van der Waals surface area contributed by atoms with E-state index in [4.69, 9.17) is 5.11 Å². The number of carboxylic acids is 1. The fourth-order valence-electron chi connectivity index (χ4n) is 0.547. The number of carbonyl (C=O) groups is 3. The molecule has 12 heavy (non-hydrogen) atoms. The third-order valence-corrected chi connectivity index (χ3v) is 1.14. The standard InChI is InChI=1S/C8H10O4/c1-6(9)2-3-7(10)4-5-8(11)12/h4-5H,2-3H2,1H3,(H,11,12)/b5-4+. The average molecular weight is 170 g/mol. The van der Waals surface area contributed by atoms with Crippen molar-refractivity contribution >= 4 is 17.5 Å². The maximum absolute atomic E-state index is 10.7. The fraction of sp³-hybridized carbons (Fsp3) is 0.375. The van der Waals surface area contributed by atoms with Gasteiger partial charge in [0.05, 0.1) is 0 Å². The molecule has 4 nitrogen and oxygen atoms in total. The maximum atomic E-state index is 10.7.